The summed E-state index contributed by atoms with van der Waals surface area (Å²) in [6.45, 7) is 1.67. The zero-order valence-electron chi connectivity index (χ0n) is 17.7. The highest BCUT2D eigenvalue weighted by Gasteiger charge is 2.27. The molecule has 1 N–H and O–H groups in total. The van der Waals surface area contributed by atoms with E-state index in [1.54, 1.807) is 0 Å². The second-order valence-electron chi connectivity index (χ2n) is 8.52. The van der Waals surface area contributed by atoms with Gasteiger partial charge in [0.15, 0.2) is 0 Å². The SMILES string of the molecule is O=C(CC(c1ccccc1)c1ccccc1)N1CCC(c2c[nH]c3ccccc23)CC1. The number of carbonyl (C=O) groups excluding carboxylic acids is 1. The maximum Gasteiger partial charge on any atom is 0.223 e. The van der Waals surface area contributed by atoms with Crippen LogP contribution < -0.4 is 0 Å². The van der Waals surface area contributed by atoms with Crippen LogP contribution in [0.5, 0.6) is 0 Å². The van der Waals surface area contributed by atoms with Crippen LogP contribution in [-0.4, -0.2) is 28.9 Å². The third-order valence-corrected chi connectivity index (χ3v) is 6.69. The fourth-order valence-electron chi connectivity index (χ4n) is 4.97. The Morgan fingerprint density at radius 1 is 0.839 bits per heavy atom. The number of nitrogens with one attached hydrogen (secondary N) is 1. The van der Waals surface area contributed by atoms with E-state index in [1.165, 1.54) is 27.6 Å². The molecule has 1 fully saturated rings. The molecule has 1 saturated heterocycles. The number of carbonyl (C=O) groups is 1. The second kappa shape index (κ2) is 8.81. The molecule has 31 heavy (non-hydrogen) atoms. The van der Waals surface area contributed by atoms with Gasteiger partial charge in [-0.3, -0.25) is 4.79 Å². The molecule has 0 saturated carbocycles. The molecular formula is C28H28N2O. The summed E-state index contributed by atoms with van der Waals surface area (Å²) in [6.07, 6.45) is 4.73. The molecule has 0 radical (unpaired) electrons. The molecule has 5 rings (SSSR count). The molecule has 0 atom stereocenters. The minimum atomic E-state index is 0.0984. The second-order valence-corrected chi connectivity index (χ2v) is 8.52. The number of para-hydroxylation sites is 1. The van der Waals surface area contributed by atoms with E-state index in [9.17, 15) is 4.79 Å². The predicted octanol–water partition coefficient (Wildman–Crippen LogP) is 6.10. The standard InChI is InChI=1S/C28H28N2O/c31-28(19-25(21-9-3-1-4-10-21)22-11-5-2-6-12-22)30-17-15-23(16-18-30)26-20-29-27-14-8-7-13-24(26)27/h1-14,20,23,25,29H,15-19H2. The van der Waals surface area contributed by atoms with Crippen molar-refractivity contribution in [3.8, 4) is 0 Å². The molecular weight excluding hydrogens is 380 g/mol. The molecule has 3 nitrogen and oxygen atoms in total. The van der Waals surface area contributed by atoms with Crippen molar-refractivity contribution < 1.29 is 4.79 Å². The summed E-state index contributed by atoms with van der Waals surface area (Å²) in [5.41, 5.74) is 5.00. The monoisotopic (exact) mass is 408 g/mol. The highest BCUT2D eigenvalue weighted by Crippen LogP contribution is 2.34. The first-order valence-corrected chi connectivity index (χ1v) is 11.2. The van der Waals surface area contributed by atoms with Gasteiger partial charge < -0.3 is 9.88 Å². The van der Waals surface area contributed by atoms with E-state index in [4.69, 9.17) is 0 Å². The van der Waals surface area contributed by atoms with Crippen LogP contribution in [0.4, 0.5) is 0 Å². The van der Waals surface area contributed by atoms with E-state index < -0.39 is 0 Å². The number of rotatable bonds is 5. The number of H-pyrrole nitrogens is 1. The Morgan fingerprint density at radius 3 is 2.06 bits per heavy atom. The molecule has 1 aromatic heterocycles. The smallest absolute Gasteiger partial charge is 0.223 e. The number of hydrogen-bond donors (Lipinski definition) is 1. The summed E-state index contributed by atoms with van der Waals surface area (Å²) in [6, 6.07) is 29.3. The van der Waals surface area contributed by atoms with Crippen LogP contribution in [-0.2, 0) is 4.79 Å². The highest BCUT2D eigenvalue weighted by molar-refractivity contribution is 5.83. The lowest BCUT2D eigenvalue weighted by atomic mass is 9.86. The average Bonchev–Trinajstić information content (AvgIpc) is 3.28. The Morgan fingerprint density at radius 2 is 1.42 bits per heavy atom. The first-order valence-electron chi connectivity index (χ1n) is 11.2. The largest absolute Gasteiger partial charge is 0.361 e. The Labute approximate surface area is 183 Å². The molecule has 3 heteroatoms. The fraction of sp³-hybridized carbons (Fsp3) is 0.250. The number of fused-ring (bicyclic) bond motifs is 1. The van der Waals surface area contributed by atoms with Crippen LogP contribution in [0.2, 0.25) is 0 Å². The van der Waals surface area contributed by atoms with Gasteiger partial charge in [0, 0.05) is 42.5 Å². The summed E-state index contributed by atoms with van der Waals surface area (Å²) in [7, 11) is 0. The zero-order valence-corrected chi connectivity index (χ0v) is 17.7. The van der Waals surface area contributed by atoms with Crippen LogP contribution in [0, 0.1) is 0 Å². The van der Waals surface area contributed by atoms with Crippen LogP contribution in [0.3, 0.4) is 0 Å². The van der Waals surface area contributed by atoms with E-state index in [2.05, 4.69) is 88.9 Å². The fourth-order valence-corrected chi connectivity index (χ4v) is 4.97. The van der Waals surface area contributed by atoms with Crippen molar-refractivity contribution in [1.29, 1.82) is 0 Å². The maximum absolute atomic E-state index is 13.3. The number of likely N-dealkylation sites (tertiary alicyclic amines) is 1. The number of benzene rings is 3. The minimum Gasteiger partial charge on any atom is -0.361 e. The summed E-state index contributed by atoms with van der Waals surface area (Å²) < 4.78 is 0. The van der Waals surface area contributed by atoms with Crippen molar-refractivity contribution in [2.24, 2.45) is 0 Å². The molecule has 0 spiro atoms. The molecule has 0 bridgehead atoms. The number of aromatic nitrogens is 1. The third kappa shape index (κ3) is 4.13. The predicted molar refractivity (Wildman–Crippen MR) is 126 cm³/mol. The number of nitrogens with zero attached hydrogens (tertiary/aromatic N) is 1. The lowest BCUT2D eigenvalue weighted by Gasteiger charge is -2.33. The highest BCUT2D eigenvalue weighted by atomic mass is 16.2. The van der Waals surface area contributed by atoms with E-state index in [0.717, 1.165) is 25.9 Å². The quantitative estimate of drug-likeness (QED) is 0.426. The Hall–Kier alpha value is -3.33. The van der Waals surface area contributed by atoms with Gasteiger partial charge in [0.05, 0.1) is 0 Å². The zero-order chi connectivity index (χ0) is 21.0. The van der Waals surface area contributed by atoms with Crippen molar-refractivity contribution in [3.63, 3.8) is 0 Å². The summed E-state index contributed by atoms with van der Waals surface area (Å²) in [5, 5.41) is 1.32. The van der Waals surface area contributed by atoms with Gasteiger partial charge >= 0.3 is 0 Å². The van der Waals surface area contributed by atoms with Crippen LogP contribution >= 0.6 is 0 Å². The van der Waals surface area contributed by atoms with Crippen molar-refractivity contribution in [2.45, 2.75) is 31.1 Å². The first-order chi connectivity index (χ1) is 15.3. The molecule has 3 aromatic carbocycles. The topological polar surface area (TPSA) is 36.1 Å². The van der Waals surface area contributed by atoms with Crippen molar-refractivity contribution in [1.82, 2.24) is 9.88 Å². The van der Waals surface area contributed by atoms with Gasteiger partial charge in [0.2, 0.25) is 5.91 Å². The van der Waals surface area contributed by atoms with Gasteiger partial charge in [0.1, 0.15) is 0 Å². The maximum atomic E-state index is 13.3. The van der Waals surface area contributed by atoms with Gasteiger partial charge in [-0.2, -0.15) is 0 Å². The summed E-state index contributed by atoms with van der Waals surface area (Å²) >= 11 is 0. The molecule has 4 aromatic rings. The van der Waals surface area contributed by atoms with E-state index >= 15 is 0 Å². The van der Waals surface area contributed by atoms with Gasteiger partial charge in [-0.15, -0.1) is 0 Å². The Kier molecular flexibility index (Phi) is 5.57. The van der Waals surface area contributed by atoms with E-state index in [-0.39, 0.29) is 11.8 Å². The van der Waals surface area contributed by atoms with Gasteiger partial charge in [-0.05, 0) is 41.5 Å². The van der Waals surface area contributed by atoms with Gasteiger partial charge in [-0.25, -0.2) is 0 Å². The lowest BCUT2D eigenvalue weighted by Crippen LogP contribution is -2.38. The van der Waals surface area contributed by atoms with E-state index in [1.807, 2.05) is 12.1 Å². The number of piperidine rings is 1. The van der Waals surface area contributed by atoms with Crippen LogP contribution in [0.25, 0.3) is 10.9 Å². The van der Waals surface area contributed by atoms with Crippen molar-refractivity contribution >= 4 is 16.8 Å². The Balaban J connectivity index is 1.28. The van der Waals surface area contributed by atoms with Crippen molar-refractivity contribution in [3.05, 3.63) is 108 Å². The Bertz CT molecular complexity index is 1100. The van der Waals surface area contributed by atoms with Crippen LogP contribution in [0.1, 0.15) is 47.8 Å². The molecule has 1 aliphatic rings. The summed E-state index contributed by atoms with van der Waals surface area (Å²) in [5.74, 6) is 0.871. The number of aromatic amines is 1. The molecule has 0 unspecified atom stereocenters. The lowest BCUT2D eigenvalue weighted by molar-refractivity contribution is -0.132. The molecule has 156 valence electrons. The number of hydrogen-bond acceptors (Lipinski definition) is 1. The summed E-state index contributed by atoms with van der Waals surface area (Å²) in [4.78, 5) is 18.8. The molecule has 0 aliphatic carbocycles. The van der Waals surface area contributed by atoms with Crippen molar-refractivity contribution in [2.75, 3.05) is 13.1 Å². The third-order valence-electron chi connectivity index (χ3n) is 6.69. The van der Waals surface area contributed by atoms with Gasteiger partial charge in [0.25, 0.3) is 0 Å². The molecule has 1 amide bonds. The number of amides is 1. The minimum absolute atomic E-state index is 0.0984. The molecule has 2 heterocycles. The van der Waals surface area contributed by atoms with Crippen LogP contribution in [0.15, 0.2) is 91.1 Å². The van der Waals surface area contributed by atoms with Gasteiger partial charge in [-0.1, -0.05) is 78.9 Å². The normalized spacial score (nSPS) is 14.9. The average molecular weight is 409 g/mol. The molecule has 1 aliphatic heterocycles. The van der Waals surface area contributed by atoms with E-state index in [0.29, 0.717) is 12.3 Å². The first kappa shape index (κ1) is 19.6.